The van der Waals surface area contributed by atoms with E-state index in [1.807, 2.05) is 27.8 Å². The number of amides is 2. The predicted octanol–water partition coefficient (Wildman–Crippen LogP) is 4.06. The van der Waals surface area contributed by atoms with Crippen molar-refractivity contribution in [2.75, 3.05) is 26.7 Å². The molecule has 0 bridgehead atoms. The normalized spacial score (nSPS) is 15.8. The molecule has 0 unspecified atom stereocenters. The van der Waals surface area contributed by atoms with Crippen LogP contribution in [0.15, 0.2) is 24.3 Å². The third kappa shape index (κ3) is 5.92. The molecule has 2 amide bonds. The highest BCUT2D eigenvalue weighted by Crippen LogP contribution is 2.21. The van der Waals surface area contributed by atoms with Crippen LogP contribution in [0.2, 0.25) is 5.02 Å². The predicted molar refractivity (Wildman–Crippen MR) is 98.9 cm³/mol. The minimum Gasteiger partial charge on any atom is -0.444 e. The first-order valence-corrected chi connectivity index (χ1v) is 9.02. The van der Waals surface area contributed by atoms with Crippen molar-refractivity contribution in [3.8, 4) is 0 Å². The lowest BCUT2D eigenvalue weighted by atomic mass is 9.96. The van der Waals surface area contributed by atoms with Crippen LogP contribution < -0.4 is 0 Å². The lowest BCUT2D eigenvalue weighted by Gasteiger charge is -2.34. The Morgan fingerprint density at radius 2 is 1.92 bits per heavy atom. The zero-order valence-corrected chi connectivity index (χ0v) is 16.2. The number of rotatable bonds is 3. The molecule has 0 spiro atoms. The van der Waals surface area contributed by atoms with Crippen molar-refractivity contribution in [1.29, 1.82) is 0 Å². The molecule has 2 rings (SSSR count). The van der Waals surface area contributed by atoms with Gasteiger partial charge in [0.2, 0.25) is 0 Å². The van der Waals surface area contributed by atoms with Gasteiger partial charge < -0.3 is 14.5 Å². The second kappa shape index (κ2) is 8.09. The Morgan fingerprint density at radius 3 is 2.48 bits per heavy atom. The molecule has 6 heteroatoms. The van der Waals surface area contributed by atoms with Crippen molar-refractivity contribution < 1.29 is 14.3 Å². The first-order chi connectivity index (χ1) is 11.7. The molecule has 25 heavy (non-hydrogen) atoms. The van der Waals surface area contributed by atoms with E-state index in [4.69, 9.17) is 16.3 Å². The average Bonchev–Trinajstić information content (AvgIpc) is 2.53. The van der Waals surface area contributed by atoms with E-state index in [1.165, 1.54) is 0 Å². The minimum absolute atomic E-state index is 0.0305. The first-order valence-electron chi connectivity index (χ1n) is 8.64. The Bertz CT molecular complexity index is 619. The number of ether oxygens (including phenoxy) is 1. The molecule has 1 heterocycles. The summed E-state index contributed by atoms with van der Waals surface area (Å²) < 4.78 is 5.41. The fraction of sp³-hybridized carbons (Fsp3) is 0.579. The smallest absolute Gasteiger partial charge is 0.410 e. The zero-order chi connectivity index (χ0) is 18.6. The maximum absolute atomic E-state index is 12.5. The maximum Gasteiger partial charge on any atom is 0.410 e. The highest BCUT2D eigenvalue weighted by atomic mass is 35.5. The van der Waals surface area contributed by atoms with Crippen LogP contribution >= 0.6 is 11.6 Å². The second-order valence-electron chi connectivity index (χ2n) is 7.61. The van der Waals surface area contributed by atoms with Crippen LogP contribution in [-0.4, -0.2) is 54.1 Å². The number of piperidine rings is 1. The van der Waals surface area contributed by atoms with Crippen molar-refractivity contribution >= 4 is 23.6 Å². The summed E-state index contributed by atoms with van der Waals surface area (Å²) in [7, 11) is 1.81. The number of likely N-dealkylation sites (tertiary alicyclic amines) is 1. The molecule has 0 N–H and O–H groups in total. The van der Waals surface area contributed by atoms with Gasteiger partial charge in [0.1, 0.15) is 5.60 Å². The van der Waals surface area contributed by atoms with Gasteiger partial charge in [-0.2, -0.15) is 0 Å². The van der Waals surface area contributed by atoms with Crippen LogP contribution in [0.4, 0.5) is 4.79 Å². The molecular formula is C19H27ClN2O3. The molecule has 1 fully saturated rings. The highest BCUT2D eigenvalue weighted by molar-refractivity contribution is 6.30. The molecule has 0 atom stereocenters. The summed E-state index contributed by atoms with van der Waals surface area (Å²) in [6, 6.07) is 6.99. The van der Waals surface area contributed by atoms with Gasteiger partial charge in [-0.3, -0.25) is 4.79 Å². The molecule has 138 valence electrons. The van der Waals surface area contributed by atoms with Gasteiger partial charge in [0.25, 0.3) is 5.91 Å². The lowest BCUT2D eigenvalue weighted by Crippen LogP contribution is -2.44. The zero-order valence-electron chi connectivity index (χ0n) is 15.4. The molecule has 0 aliphatic carbocycles. The summed E-state index contributed by atoms with van der Waals surface area (Å²) >= 11 is 5.96. The summed E-state index contributed by atoms with van der Waals surface area (Å²) in [6.45, 7) is 7.61. The number of carbonyl (C=O) groups is 2. The van der Waals surface area contributed by atoms with Gasteiger partial charge in [-0.15, -0.1) is 0 Å². The highest BCUT2D eigenvalue weighted by Gasteiger charge is 2.28. The van der Waals surface area contributed by atoms with Crippen molar-refractivity contribution in [2.45, 2.75) is 39.2 Å². The number of carbonyl (C=O) groups excluding carboxylic acids is 2. The van der Waals surface area contributed by atoms with Crippen LogP contribution in [0.25, 0.3) is 0 Å². The largest absolute Gasteiger partial charge is 0.444 e. The fourth-order valence-electron chi connectivity index (χ4n) is 2.94. The fourth-order valence-corrected chi connectivity index (χ4v) is 3.13. The number of benzene rings is 1. The molecule has 0 saturated carbocycles. The Kier molecular flexibility index (Phi) is 6.33. The molecule has 0 aromatic heterocycles. The van der Waals surface area contributed by atoms with E-state index in [9.17, 15) is 9.59 Å². The third-order valence-corrected chi connectivity index (χ3v) is 4.45. The van der Waals surface area contributed by atoms with Crippen molar-refractivity contribution in [1.82, 2.24) is 9.80 Å². The Morgan fingerprint density at radius 1 is 1.28 bits per heavy atom. The summed E-state index contributed by atoms with van der Waals surface area (Å²) in [5.41, 5.74) is 0.124. The van der Waals surface area contributed by atoms with Crippen LogP contribution in [-0.2, 0) is 4.74 Å². The Balaban J connectivity index is 1.83. The third-order valence-electron chi connectivity index (χ3n) is 4.22. The first kappa shape index (κ1) is 19.6. The average molecular weight is 367 g/mol. The van der Waals surface area contributed by atoms with Crippen LogP contribution in [0.3, 0.4) is 0 Å². The maximum atomic E-state index is 12.5. The summed E-state index contributed by atoms with van der Waals surface area (Å²) in [5.74, 6) is 0.351. The summed E-state index contributed by atoms with van der Waals surface area (Å²) in [6.07, 6.45) is 1.48. The summed E-state index contributed by atoms with van der Waals surface area (Å²) in [4.78, 5) is 28.1. The van der Waals surface area contributed by atoms with Gasteiger partial charge in [0.05, 0.1) is 0 Å². The molecule has 0 radical (unpaired) electrons. The standard InChI is InChI=1S/C19H27ClN2O3/c1-19(2,3)25-18(24)22-10-8-14(9-11-22)13-21(4)17(23)15-6-5-7-16(20)12-15/h5-7,12,14H,8-11,13H2,1-4H3. The van der Waals surface area contributed by atoms with Crippen LogP contribution in [0.5, 0.6) is 0 Å². The molecule has 1 aromatic carbocycles. The molecule has 5 nitrogen and oxygen atoms in total. The Hall–Kier alpha value is -1.75. The van der Waals surface area contributed by atoms with Crippen molar-refractivity contribution in [3.63, 3.8) is 0 Å². The van der Waals surface area contributed by atoms with Gasteiger partial charge in [-0.25, -0.2) is 4.79 Å². The van der Waals surface area contributed by atoms with Crippen molar-refractivity contribution in [2.24, 2.45) is 5.92 Å². The molecule has 1 saturated heterocycles. The van der Waals surface area contributed by atoms with Crippen molar-refractivity contribution in [3.05, 3.63) is 34.9 Å². The topological polar surface area (TPSA) is 49.9 Å². The van der Waals surface area contributed by atoms with E-state index in [-0.39, 0.29) is 12.0 Å². The second-order valence-corrected chi connectivity index (χ2v) is 8.04. The molecule has 1 aliphatic rings. The summed E-state index contributed by atoms with van der Waals surface area (Å²) in [5, 5.41) is 0.560. The van der Waals surface area contributed by atoms with Gasteiger partial charge in [0.15, 0.2) is 0 Å². The van der Waals surface area contributed by atoms with Gasteiger partial charge in [-0.1, -0.05) is 17.7 Å². The van der Waals surface area contributed by atoms with E-state index >= 15 is 0 Å². The van der Waals surface area contributed by atoms with E-state index in [0.29, 0.717) is 36.1 Å². The van der Waals surface area contributed by atoms with E-state index in [2.05, 4.69) is 0 Å². The van der Waals surface area contributed by atoms with Crippen LogP contribution in [0.1, 0.15) is 44.0 Å². The van der Waals surface area contributed by atoms with E-state index < -0.39 is 5.60 Å². The quantitative estimate of drug-likeness (QED) is 0.810. The number of hydrogen-bond donors (Lipinski definition) is 0. The number of hydrogen-bond acceptors (Lipinski definition) is 3. The van der Waals surface area contributed by atoms with Crippen LogP contribution in [0, 0.1) is 5.92 Å². The SMILES string of the molecule is CN(CC1CCN(C(=O)OC(C)(C)C)CC1)C(=O)c1cccc(Cl)c1. The van der Waals surface area contributed by atoms with Gasteiger partial charge in [-0.05, 0) is 57.7 Å². The van der Waals surface area contributed by atoms with Gasteiger partial charge >= 0.3 is 6.09 Å². The number of nitrogens with zero attached hydrogens (tertiary/aromatic N) is 2. The van der Waals surface area contributed by atoms with E-state index in [0.717, 1.165) is 12.8 Å². The lowest BCUT2D eigenvalue weighted by molar-refractivity contribution is 0.0171. The molecule has 1 aliphatic heterocycles. The minimum atomic E-state index is -0.475. The molecular weight excluding hydrogens is 340 g/mol. The Labute approximate surface area is 154 Å². The van der Waals surface area contributed by atoms with Gasteiger partial charge in [0, 0.05) is 37.3 Å². The van der Waals surface area contributed by atoms with E-state index in [1.54, 1.807) is 34.1 Å². The monoisotopic (exact) mass is 366 g/mol. The number of halogens is 1. The molecule has 1 aromatic rings.